The predicted octanol–water partition coefficient (Wildman–Crippen LogP) is 3.48. The third-order valence-corrected chi connectivity index (χ3v) is 4.19. The van der Waals surface area contributed by atoms with Gasteiger partial charge in [0, 0.05) is 18.3 Å². The molecule has 2 aromatic rings. The molecule has 0 saturated heterocycles. The van der Waals surface area contributed by atoms with Crippen LogP contribution in [0.3, 0.4) is 0 Å². The molecule has 2 aromatic carbocycles. The molecule has 126 valence electrons. The molecule has 0 aromatic heterocycles. The third kappa shape index (κ3) is 3.38. The van der Waals surface area contributed by atoms with Crippen LogP contribution in [0.5, 0.6) is 0 Å². The highest BCUT2D eigenvalue weighted by Gasteiger charge is 2.30. The second kappa shape index (κ2) is 6.97. The van der Waals surface area contributed by atoms with Crippen molar-refractivity contribution < 1.29 is 18.7 Å². The highest BCUT2D eigenvalue weighted by molar-refractivity contribution is 5.89. The molecule has 1 aliphatic rings. The number of benzene rings is 2. The Kier molecular flexibility index (Phi) is 4.76. The van der Waals surface area contributed by atoms with Crippen molar-refractivity contribution in [2.45, 2.75) is 18.9 Å². The van der Waals surface area contributed by atoms with E-state index in [1.165, 1.54) is 10.5 Å². The van der Waals surface area contributed by atoms with Gasteiger partial charge in [-0.05, 0) is 36.1 Å². The average molecular weight is 332 g/mol. The molecule has 1 atom stereocenters. The van der Waals surface area contributed by atoms with E-state index in [1.54, 1.807) is 0 Å². The number of fused-ring (bicyclic) bond motifs is 1. The summed E-state index contributed by atoms with van der Waals surface area (Å²) in [5, 5.41) is 11.8. The van der Waals surface area contributed by atoms with E-state index >= 15 is 0 Å². The molecule has 0 spiro atoms. The van der Waals surface area contributed by atoms with Crippen LogP contribution >= 0.6 is 0 Å². The van der Waals surface area contributed by atoms with Crippen LogP contribution in [-0.4, -0.2) is 29.2 Å². The van der Waals surface area contributed by atoms with Gasteiger partial charge in [-0.25, -0.2) is 13.6 Å². The average Bonchev–Trinajstić information content (AvgIpc) is 2.95. The maximum atomic E-state index is 13.3. The number of anilines is 1. The number of aryl methyl sites for hydroxylation is 1. The second-order valence-corrected chi connectivity index (χ2v) is 5.76. The molecule has 0 aliphatic heterocycles. The molecule has 0 radical (unpaired) electrons. The summed E-state index contributed by atoms with van der Waals surface area (Å²) in [4.78, 5) is 14.1. The van der Waals surface area contributed by atoms with Gasteiger partial charge in [0.2, 0.25) is 0 Å². The lowest BCUT2D eigenvalue weighted by molar-refractivity contribution is 0.162. The molecule has 3 rings (SSSR count). The molecule has 2 amide bonds. The number of hydrogen-bond donors (Lipinski definition) is 2. The lowest BCUT2D eigenvalue weighted by Gasteiger charge is -2.29. The minimum Gasteiger partial charge on any atom is -0.395 e. The minimum absolute atomic E-state index is 0.0479. The molecule has 0 bridgehead atoms. The Morgan fingerprint density at radius 3 is 2.62 bits per heavy atom. The van der Waals surface area contributed by atoms with Gasteiger partial charge in [-0.3, -0.25) is 0 Å². The zero-order valence-corrected chi connectivity index (χ0v) is 13.0. The number of aliphatic hydroxyl groups is 1. The number of halogens is 2. The zero-order valence-electron chi connectivity index (χ0n) is 13.0. The standard InChI is InChI=1S/C18H18F2N2O2/c19-13-9-14(20)11-15(10-13)21-18(24)22(7-8-23)17-6-5-12-3-1-2-4-16(12)17/h1-4,9-11,17,23H,5-8H2,(H,21,24). The van der Waals surface area contributed by atoms with Gasteiger partial charge in [0.15, 0.2) is 0 Å². The number of nitrogens with one attached hydrogen (secondary N) is 1. The number of urea groups is 1. The Balaban J connectivity index is 1.82. The van der Waals surface area contributed by atoms with E-state index in [0.717, 1.165) is 36.6 Å². The molecule has 4 nitrogen and oxygen atoms in total. The number of aliphatic hydroxyl groups excluding tert-OH is 1. The number of hydrogen-bond acceptors (Lipinski definition) is 2. The molecule has 1 unspecified atom stereocenters. The first-order valence-corrected chi connectivity index (χ1v) is 7.81. The van der Waals surface area contributed by atoms with Crippen LogP contribution in [0.1, 0.15) is 23.6 Å². The Hall–Kier alpha value is -2.47. The van der Waals surface area contributed by atoms with E-state index in [0.29, 0.717) is 0 Å². The summed E-state index contributed by atoms with van der Waals surface area (Å²) in [5.74, 6) is -1.52. The number of nitrogens with zero attached hydrogens (tertiary/aromatic N) is 1. The number of carbonyl (C=O) groups excluding carboxylic acids is 1. The molecular formula is C18H18F2N2O2. The van der Waals surface area contributed by atoms with Gasteiger partial charge in [0.05, 0.1) is 12.6 Å². The molecule has 1 aliphatic carbocycles. The maximum Gasteiger partial charge on any atom is 0.322 e. The molecule has 0 saturated carbocycles. The summed E-state index contributed by atoms with van der Waals surface area (Å²) in [7, 11) is 0. The van der Waals surface area contributed by atoms with E-state index in [2.05, 4.69) is 5.32 Å². The summed E-state index contributed by atoms with van der Waals surface area (Å²) in [6, 6.07) is 10.1. The van der Waals surface area contributed by atoms with Crippen LogP contribution in [0.15, 0.2) is 42.5 Å². The van der Waals surface area contributed by atoms with Crippen LogP contribution < -0.4 is 5.32 Å². The molecule has 0 heterocycles. The summed E-state index contributed by atoms with van der Waals surface area (Å²) in [6.45, 7) is -0.0494. The topological polar surface area (TPSA) is 52.6 Å². The zero-order chi connectivity index (χ0) is 17.1. The SMILES string of the molecule is O=C(Nc1cc(F)cc(F)c1)N(CCO)C1CCc2ccccc21. The minimum atomic E-state index is -0.759. The number of amides is 2. The summed E-state index contributed by atoms with van der Waals surface area (Å²) in [6.07, 6.45) is 1.61. The smallest absolute Gasteiger partial charge is 0.322 e. The monoisotopic (exact) mass is 332 g/mol. The van der Waals surface area contributed by atoms with Crippen LogP contribution in [0, 0.1) is 11.6 Å². The van der Waals surface area contributed by atoms with Gasteiger partial charge in [0.1, 0.15) is 11.6 Å². The summed E-state index contributed by atoms with van der Waals surface area (Å²) < 4.78 is 26.6. The van der Waals surface area contributed by atoms with E-state index in [-0.39, 0.29) is 24.9 Å². The fraction of sp³-hybridized carbons (Fsp3) is 0.278. The van der Waals surface area contributed by atoms with Crippen LogP contribution in [0.4, 0.5) is 19.3 Å². The first kappa shape index (κ1) is 16.4. The van der Waals surface area contributed by atoms with Crippen molar-refractivity contribution >= 4 is 11.7 Å². The molecule has 2 N–H and O–H groups in total. The van der Waals surface area contributed by atoms with Crippen molar-refractivity contribution in [1.82, 2.24) is 4.90 Å². The number of rotatable bonds is 4. The van der Waals surface area contributed by atoms with Gasteiger partial charge >= 0.3 is 6.03 Å². The third-order valence-electron chi connectivity index (χ3n) is 4.19. The highest BCUT2D eigenvalue weighted by atomic mass is 19.1. The fourth-order valence-electron chi connectivity index (χ4n) is 3.19. The lowest BCUT2D eigenvalue weighted by atomic mass is 10.1. The van der Waals surface area contributed by atoms with Gasteiger partial charge in [-0.1, -0.05) is 24.3 Å². The van der Waals surface area contributed by atoms with Crippen molar-refractivity contribution in [2.75, 3.05) is 18.5 Å². The van der Waals surface area contributed by atoms with Crippen molar-refractivity contribution in [3.63, 3.8) is 0 Å². The quantitative estimate of drug-likeness (QED) is 0.901. The molecular weight excluding hydrogens is 314 g/mol. The summed E-state index contributed by atoms with van der Waals surface area (Å²) >= 11 is 0. The van der Waals surface area contributed by atoms with E-state index in [9.17, 15) is 18.7 Å². The molecule has 0 fully saturated rings. The lowest BCUT2D eigenvalue weighted by Crippen LogP contribution is -2.39. The van der Waals surface area contributed by atoms with Crippen molar-refractivity contribution in [1.29, 1.82) is 0 Å². The maximum absolute atomic E-state index is 13.3. The van der Waals surface area contributed by atoms with E-state index in [4.69, 9.17) is 0 Å². The van der Waals surface area contributed by atoms with Crippen LogP contribution in [-0.2, 0) is 6.42 Å². The Labute approximate surface area is 138 Å². The van der Waals surface area contributed by atoms with Crippen molar-refractivity contribution in [3.8, 4) is 0 Å². The molecule has 24 heavy (non-hydrogen) atoms. The van der Waals surface area contributed by atoms with Crippen molar-refractivity contribution in [2.24, 2.45) is 0 Å². The first-order chi connectivity index (χ1) is 11.6. The summed E-state index contributed by atoms with van der Waals surface area (Å²) in [5.41, 5.74) is 2.27. The van der Waals surface area contributed by atoms with Crippen molar-refractivity contribution in [3.05, 3.63) is 65.2 Å². The Morgan fingerprint density at radius 1 is 1.21 bits per heavy atom. The van der Waals surface area contributed by atoms with E-state index in [1.807, 2.05) is 24.3 Å². The van der Waals surface area contributed by atoms with Gasteiger partial charge in [-0.2, -0.15) is 0 Å². The Morgan fingerprint density at radius 2 is 1.92 bits per heavy atom. The largest absolute Gasteiger partial charge is 0.395 e. The highest BCUT2D eigenvalue weighted by Crippen LogP contribution is 2.35. The first-order valence-electron chi connectivity index (χ1n) is 7.81. The normalized spacial score (nSPS) is 15.9. The van der Waals surface area contributed by atoms with Crippen LogP contribution in [0.2, 0.25) is 0 Å². The van der Waals surface area contributed by atoms with Crippen LogP contribution in [0.25, 0.3) is 0 Å². The van der Waals surface area contributed by atoms with Gasteiger partial charge < -0.3 is 15.3 Å². The molecule has 6 heteroatoms. The second-order valence-electron chi connectivity index (χ2n) is 5.76. The van der Waals surface area contributed by atoms with E-state index < -0.39 is 17.7 Å². The fourth-order valence-corrected chi connectivity index (χ4v) is 3.19. The predicted molar refractivity (Wildman–Crippen MR) is 86.7 cm³/mol. The van der Waals surface area contributed by atoms with Gasteiger partial charge in [-0.15, -0.1) is 0 Å². The Bertz CT molecular complexity index is 731. The number of carbonyl (C=O) groups is 1. The van der Waals surface area contributed by atoms with Gasteiger partial charge in [0.25, 0.3) is 0 Å².